The van der Waals surface area contributed by atoms with Gasteiger partial charge in [-0.2, -0.15) is 0 Å². The molecule has 1 N–H and O–H groups in total. The molecule has 0 spiro atoms. The summed E-state index contributed by atoms with van der Waals surface area (Å²) in [5.41, 5.74) is 1.32. The van der Waals surface area contributed by atoms with Crippen molar-refractivity contribution >= 4 is 17.3 Å². The van der Waals surface area contributed by atoms with Crippen molar-refractivity contribution in [2.45, 2.75) is 6.54 Å². The van der Waals surface area contributed by atoms with Gasteiger partial charge in [-0.3, -0.25) is 4.90 Å². The summed E-state index contributed by atoms with van der Waals surface area (Å²) in [6.45, 7) is 7.13. The summed E-state index contributed by atoms with van der Waals surface area (Å²) < 4.78 is 0. The second kappa shape index (κ2) is 5.80. The molecule has 3 nitrogen and oxygen atoms in total. The summed E-state index contributed by atoms with van der Waals surface area (Å²) in [6, 6.07) is 10.5. The Hall–Kier alpha value is -1.39. The van der Waals surface area contributed by atoms with Crippen LogP contribution in [0, 0.1) is 0 Å². The summed E-state index contributed by atoms with van der Waals surface area (Å²) in [4.78, 5) is 4.42. The van der Waals surface area contributed by atoms with E-state index in [1.54, 1.807) is 0 Å². The number of hydrogen-bond acceptors (Lipinski definition) is 2. The van der Waals surface area contributed by atoms with Crippen LogP contribution in [0.2, 0.25) is 0 Å². The molecule has 0 amide bonds. The van der Waals surface area contributed by atoms with Gasteiger partial charge in [-0.1, -0.05) is 36.4 Å². The zero-order valence-corrected chi connectivity index (χ0v) is 10.6. The molecule has 0 aromatic heterocycles. The summed E-state index contributed by atoms with van der Waals surface area (Å²) >= 11 is 5.25. The standard InChI is InChI=1S/C13H17N3S/c1-2-8-16-11-15(10-14-13(16)17)9-12-6-4-3-5-7-12/h2-7H,1,8-11H2,(H,14,17). The first-order valence-corrected chi connectivity index (χ1v) is 6.10. The van der Waals surface area contributed by atoms with E-state index in [1.165, 1.54) is 5.56 Å². The van der Waals surface area contributed by atoms with Crippen LogP contribution in [0.15, 0.2) is 43.0 Å². The zero-order valence-electron chi connectivity index (χ0n) is 9.80. The fourth-order valence-corrected chi connectivity index (χ4v) is 2.09. The molecule has 0 unspecified atom stereocenters. The van der Waals surface area contributed by atoms with Gasteiger partial charge in [0.05, 0.1) is 13.3 Å². The lowest BCUT2D eigenvalue weighted by molar-refractivity contribution is 0.154. The fraction of sp³-hybridized carbons (Fsp3) is 0.308. The van der Waals surface area contributed by atoms with Crippen LogP contribution in [0.3, 0.4) is 0 Å². The molecule has 0 saturated carbocycles. The maximum atomic E-state index is 5.25. The van der Waals surface area contributed by atoms with E-state index >= 15 is 0 Å². The number of benzene rings is 1. The summed E-state index contributed by atoms with van der Waals surface area (Å²) in [5, 5.41) is 4.04. The van der Waals surface area contributed by atoms with Gasteiger partial charge in [0, 0.05) is 13.1 Å². The van der Waals surface area contributed by atoms with Crippen LogP contribution >= 0.6 is 12.2 Å². The molecule has 1 fully saturated rings. The molecule has 1 aromatic rings. The van der Waals surface area contributed by atoms with Crippen molar-refractivity contribution in [1.29, 1.82) is 0 Å². The number of rotatable bonds is 4. The molecule has 2 rings (SSSR count). The van der Waals surface area contributed by atoms with Crippen molar-refractivity contribution in [2.24, 2.45) is 0 Å². The van der Waals surface area contributed by atoms with E-state index in [0.717, 1.165) is 31.5 Å². The van der Waals surface area contributed by atoms with Crippen molar-refractivity contribution in [2.75, 3.05) is 19.9 Å². The van der Waals surface area contributed by atoms with Crippen LogP contribution in [-0.4, -0.2) is 34.8 Å². The largest absolute Gasteiger partial charge is 0.350 e. The van der Waals surface area contributed by atoms with E-state index in [-0.39, 0.29) is 0 Å². The molecular formula is C13H17N3S. The Kier molecular flexibility index (Phi) is 4.12. The first kappa shape index (κ1) is 12.1. The second-order valence-electron chi connectivity index (χ2n) is 4.11. The molecule has 90 valence electrons. The SMILES string of the molecule is C=CCN1CN(Cc2ccccc2)CNC1=S. The normalized spacial score (nSPS) is 16.7. The average Bonchev–Trinajstić information content (AvgIpc) is 2.35. The van der Waals surface area contributed by atoms with Crippen molar-refractivity contribution < 1.29 is 0 Å². The third-order valence-electron chi connectivity index (χ3n) is 2.71. The van der Waals surface area contributed by atoms with Crippen LogP contribution in [0.5, 0.6) is 0 Å². The van der Waals surface area contributed by atoms with E-state index in [9.17, 15) is 0 Å². The lowest BCUT2D eigenvalue weighted by atomic mass is 10.2. The van der Waals surface area contributed by atoms with Crippen LogP contribution in [0.1, 0.15) is 5.56 Å². The van der Waals surface area contributed by atoms with Gasteiger partial charge in [-0.25, -0.2) is 0 Å². The molecule has 17 heavy (non-hydrogen) atoms. The topological polar surface area (TPSA) is 18.5 Å². The van der Waals surface area contributed by atoms with Crippen molar-refractivity contribution in [3.63, 3.8) is 0 Å². The van der Waals surface area contributed by atoms with Gasteiger partial charge < -0.3 is 10.2 Å². The molecule has 0 atom stereocenters. The van der Waals surface area contributed by atoms with Gasteiger partial charge in [0.1, 0.15) is 0 Å². The molecule has 1 aliphatic rings. The van der Waals surface area contributed by atoms with Crippen molar-refractivity contribution in [1.82, 2.24) is 15.1 Å². The fourth-order valence-electron chi connectivity index (χ4n) is 1.89. The molecule has 1 saturated heterocycles. The Morgan fingerprint density at radius 1 is 1.35 bits per heavy atom. The molecular weight excluding hydrogens is 230 g/mol. The maximum absolute atomic E-state index is 5.25. The average molecular weight is 247 g/mol. The van der Waals surface area contributed by atoms with Crippen LogP contribution in [-0.2, 0) is 6.54 Å². The monoisotopic (exact) mass is 247 g/mol. The minimum atomic E-state index is 0.789. The van der Waals surface area contributed by atoms with E-state index in [0.29, 0.717) is 0 Å². The highest BCUT2D eigenvalue weighted by molar-refractivity contribution is 7.80. The first-order valence-electron chi connectivity index (χ1n) is 5.69. The number of nitrogens with zero attached hydrogens (tertiary/aromatic N) is 2. The molecule has 1 aliphatic heterocycles. The minimum Gasteiger partial charge on any atom is -0.350 e. The van der Waals surface area contributed by atoms with Crippen molar-refractivity contribution in [3.8, 4) is 0 Å². The number of nitrogens with one attached hydrogen (secondary N) is 1. The number of thiocarbonyl (C=S) groups is 1. The highest BCUT2D eigenvalue weighted by atomic mass is 32.1. The van der Waals surface area contributed by atoms with Crippen LogP contribution in [0.4, 0.5) is 0 Å². The predicted molar refractivity (Wildman–Crippen MR) is 74.4 cm³/mol. The van der Waals surface area contributed by atoms with E-state index in [4.69, 9.17) is 12.2 Å². The molecule has 0 aliphatic carbocycles. The quantitative estimate of drug-likeness (QED) is 0.645. The van der Waals surface area contributed by atoms with Gasteiger partial charge in [0.2, 0.25) is 0 Å². The summed E-state index contributed by atoms with van der Waals surface area (Å²) in [6.07, 6.45) is 1.87. The Morgan fingerprint density at radius 2 is 2.12 bits per heavy atom. The smallest absolute Gasteiger partial charge is 0.171 e. The summed E-state index contributed by atoms with van der Waals surface area (Å²) in [5.74, 6) is 0. The third kappa shape index (κ3) is 3.28. The van der Waals surface area contributed by atoms with E-state index in [1.807, 2.05) is 12.1 Å². The first-order chi connectivity index (χ1) is 8.29. The van der Waals surface area contributed by atoms with Crippen molar-refractivity contribution in [3.05, 3.63) is 48.6 Å². The molecule has 0 bridgehead atoms. The van der Waals surface area contributed by atoms with E-state index in [2.05, 4.69) is 46.0 Å². The van der Waals surface area contributed by atoms with Gasteiger partial charge in [0.25, 0.3) is 0 Å². The third-order valence-corrected chi connectivity index (χ3v) is 3.11. The zero-order chi connectivity index (χ0) is 12.1. The lowest BCUT2D eigenvalue weighted by Crippen LogP contribution is -2.55. The van der Waals surface area contributed by atoms with Gasteiger partial charge in [-0.05, 0) is 17.8 Å². The van der Waals surface area contributed by atoms with Gasteiger partial charge in [-0.15, -0.1) is 6.58 Å². The maximum Gasteiger partial charge on any atom is 0.171 e. The lowest BCUT2D eigenvalue weighted by Gasteiger charge is -2.37. The molecule has 1 heterocycles. The van der Waals surface area contributed by atoms with Gasteiger partial charge >= 0.3 is 0 Å². The van der Waals surface area contributed by atoms with Crippen LogP contribution < -0.4 is 5.32 Å². The molecule has 0 radical (unpaired) electrons. The van der Waals surface area contributed by atoms with Gasteiger partial charge in [0.15, 0.2) is 5.11 Å². The second-order valence-corrected chi connectivity index (χ2v) is 4.49. The molecule has 1 aromatic carbocycles. The number of hydrogen-bond donors (Lipinski definition) is 1. The highest BCUT2D eigenvalue weighted by Gasteiger charge is 2.18. The Balaban J connectivity index is 1.94. The minimum absolute atomic E-state index is 0.789. The Morgan fingerprint density at radius 3 is 2.82 bits per heavy atom. The van der Waals surface area contributed by atoms with Crippen LogP contribution in [0.25, 0.3) is 0 Å². The molecule has 4 heteroatoms. The highest BCUT2D eigenvalue weighted by Crippen LogP contribution is 2.08. The Labute approximate surface area is 108 Å². The summed E-state index contributed by atoms with van der Waals surface area (Å²) in [7, 11) is 0. The van der Waals surface area contributed by atoms with E-state index < -0.39 is 0 Å². The predicted octanol–water partition coefficient (Wildman–Crippen LogP) is 1.78. The Bertz CT molecular complexity index is 391.